The summed E-state index contributed by atoms with van der Waals surface area (Å²) >= 11 is 0. The van der Waals surface area contributed by atoms with Crippen molar-refractivity contribution in [3.8, 4) is 11.8 Å². The standard InChI is InChI=1S/C11H18O/c1-3-5-6-9-11(12,4-2)10-7-8-10/h10,12H,4,6-9H2,1-2H3. The molecule has 1 aliphatic rings. The van der Waals surface area contributed by atoms with E-state index in [9.17, 15) is 5.11 Å². The van der Waals surface area contributed by atoms with Gasteiger partial charge in [0.25, 0.3) is 0 Å². The Bertz CT molecular complexity index is 195. The Hall–Kier alpha value is -0.480. The third-order valence-electron chi connectivity index (χ3n) is 2.81. The van der Waals surface area contributed by atoms with Crippen LogP contribution >= 0.6 is 0 Å². The lowest BCUT2D eigenvalue weighted by atomic mass is 9.89. The third kappa shape index (κ3) is 2.25. The van der Waals surface area contributed by atoms with E-state index in [1.54, 1.807) is 0 Å². The molecule has 0 radical (unpaired) electrons. The molecule has 12 heavy (non-hydrogen) atoms. The van der Waals surface area contributed by atoms with E-state index < -0.39 is 5.60 Å². The summed E-state index contributed by atoms with van der Waals surface area (Å²) in [4.78, 5) is 0. The van der Waals surface area contributed by atoms with Crippen LogP contribution in [0, 0.1) is 17.8 Å². The first kappa shape index (κ1) is 9.61. The fourth-order valence-corrected chi connectivity index (χ4v) is 1.69. The van der Waals surface area contributed by atoms with E-state index in [1.807, 2.05) is 6.92 Å². The van der Waals surface area contributed by atoms with Gasteiger partial charge in [-0.25, -0.2) is 0 Å². The molecular formula is C11H18O. The summed E-state index contributed by atoms with van der Waals surface area (Å²) in [6.07, 6.45) is 5.00. The van der Waals surface area contributed by atoms with E-state index >= 15 is 0 Å². The molecule has 1 heteroatoms. The van der Waals surface area contributed by atoms with Crippen molar-refractivity contribution in [3.63, 3.8) is 0 Å². The van der Waals surface area contributed by atoms with Crippen molar-refractivity contribution in [2.24, 2.45) is 5.92 Å². The number of rotatable bonds is 4. The van der Waals surface area contributed by atoms with Crippen LogP contribution < -0.4 is 0 Å². The molecule has 0 aromatic carbocycles. The van der Waals surface area contributed by atoms with Crippen molar-refractivity contribution >= 4 is 0 Å². The molecule has 0 aromatic rings. The van der Waals surface area contributed by atoms with Crippen molar-refractivity contribution in [2.75, 3.05) is 0 Å². The number of hydrogen-bond donors (Lipinski definition) is 1. The van der Waals surface area contributed by atoms with E-state index in [1.165, 1.54) is 12.8 Å². The topological polar surface area (TPSA) is 20.2 Å². The van der Waals surface area contributed by atoms with Crippen LogP contribution in [0.4, 0.5) is 0 Å². The maximum atomic E-state index is 10.1. The highest BCUT2D eigenvalue weighted by Crippen LogP contribution is 2.43. The van der Waals surface area contributed by atoms with Crippen LogP contribution in [0.3, 0.4) is 0 Å². The minimum atomic E-state index is -0.399. The highest BCUT2D eigenvalue weighted by molar-refractivity contribution is 5.00. The van der Waals surface area contributed by atoms with Crippen molar-refractivity contribution in [1.29, 1.82) is 0 Å². The summed E-state index contributed by atoms with van der Waals surface area (Å²) in [5, 5.41) is 10.1. The van der Waals surface area contributed by atoms with Crippen LogP contribution in [0.1, 0.15) is 46.0 Å². The van der Waals surface area contributed by atoms with Gasteiger partial charge >= 0.3 is 0 Å². The maximum Gasteiger partial charge on any atom is 0.0682 e. The van der Waals surface area contributed by atoms with Crippen molar-refractivity contribution < 1.29 is 5.11 Å². The van der Waals surface area contributed by atoms with Gasteiger partial charge in [0.15, 0.2) is 0 Å². The van der Waals surface area contributed by atoms with Gasteiger partial charge in [-0.3, -0.25) is 0 Å². The van der Waals surface area contributed by atoms with Crippen LogP contribution in [0.2, 0.25) is 0 Å². The second-order valence-corrected chi connectivity index (χ2v) is 3.66. The van der Waals surface area contributed by atoms with Gasteiger partial charge in [-0.05, 0) is 38.5 Å². The fraction of sp³-hybridized carbons (Fsp3) is 0.818. The minimum absolute atomic E-state index is 0.399. The smallest absolute Gasteiger partial charge is 0.0682 e. The molecule has 1 unspecified atom stereocenters. The van der Waals surface area contributed by atoms with E-state index in [-0.39, 0.29) is 0 Å². The lowest BCUT2D eigenvalue weighted by Gasteiger charge is -2.25. The molecule has 1 rings (SSSR count). The lowest BCUT2D eigenvalue weighted by molar-refractivity contribution is 0.00661. The summed E-state index contributed by atoms with van der Waals surface area (Å²) < 4.78 is 0. The number of aliphatic hydroxyl groups is 1. The van der Waals surface area contributed by atoms with Crippen LogP contribution in [0.15, 0.2) is 0 Å². The first-order valence-corrected chi connectivity index (χ1v) is 4.85. The van der Waals surface area contributed by atoms with E-state index in [4.69, 9.17) is 0 Å². The average molecular weight is 166 g/mol. The van der Waals surface area contributed by atoms with E-state index in [2.05, 4.69) is 18.8 Å². The summed E-state index contributed by atoms with van der Waals surface area (Å²) in [5.41, 5.74) is -0.399. The van der Waals surface area contributed by atoms with E-state index in [0.717, 1.165) is 19.3 Å². The third-order valence-corrected chi connectivity index (χ3v) is 2.81. The maximum absolute atomic E-state index is 10.1. The predicted octanol–water partition coefficient (Wildman–Crippen LogP) is 2.34. The molecule has 1 N–H and O–H groups in total. The minimum Gasteiger partial charge on any atom is -0.390 e. The second-order valence-electron chi connectivity index (χ2n) is 3.66. The van der Waals surface area contributed by atoms with Gasteiger partial charge in [0.2, 0.25) is 0 Å². The first-order valence-electron chi connectivity index (χ1n) is 4.85. The molecule has 0 aliphatic heterocycles. The SMILES string of the molecule is CC#CCCC(O)(CC)C1CC1. The Kier molecular flexibility index (Phi) is 3.17. The van der Waals surface area contributed by atoms with Crippen LogP contribution in [0.25, 0.3) is 0 Å². The Morgan fingerprint density at radius 1 is 1.50 bits per heavy atom. The summed E-state index contributed by atoms with van der Waals surface area (Å²) in [6, 6.07) is 0. The molecule has 0 heterocycles. The summed E-state index contributed by atoms with van der Waals surface area (Å²) in [7, 11) is 0. The molecule has 1 aliphatic carbocycles. The monoisotopic (exact) mass is 166 g/mol. The van der Waals surface area contributed by atoms with Gasteiger partial charge in [0, 0.05) is 6.42 Å². The Morgan fingerprint density at radius 3 is 2.58 bits per heavy atom. The van der Waals surface area contributed by atoms with Gasteiger partial charge in [0.1, 0.15) is 0 Å². The first-order chi connectivity index (χ1) is 5.73. The van der Waals surface area contributed by atoms with Crippen LogP contribution in [-0.2, 0) is 0 Å². The van der Waals surface area contributed by atoms with Crippen LogP contribution in [-0.4, -0.2) is 10.7 Å². The van der Waals surface area contributed by atoms with Gasteiger partial charge in [-0.1, -0.05) is 6.92 Å². The van der Waals surface area contributed by atoms with Crippen molar-refractivity contribution in [2.45, 2.75) is 51.6 Å². The molecule has 1 atom stereocenters. The normalized spacial score (nSPS) is 20.9. The van der Waals surface area contributed by atoms with Crippen molar-refractivity contribution in [3.05, 3.63) is 0 Å². The molecule has 0 aromatic heterocycles. The molecule has 1 nitrogen and oxygen atoms in total. The van der Waals surface area contributed by atoms with Gasteiger partial charge in [0.05, 0.1) is 5.60 Å². The zero-order valence-corrected chi connectivity index (χ0v) is 8.06. The molecular weight excluding hydrogens is 148 g/mol. The molecule has 0 bridgehead atoms. The van der Waals surface area contributed by atoms with E-state index in [0.29, 0.717) is 5.92 Å². The highest BCUT2D eigenvalue weighted by Gasteiger charge is 2.41. The highest BCUT2D eigenvalue weighted by atomic mass is 16.3. The average Bonchev–Trinajstić information content (AvgIpc) is 2.87. The van der Waals surface area contributed by atoms with Crippen molar-refractivity contribution in [1.82, 2.24) is 0 Å². The predicted molar refractivity (Wildman–Crippen MR) is 50.6 cm³/mol. The molecule has 0 saturated heterocycles. The fourth-order valence-electron chi connectivity index (χ4n) is 1.69. The molecule has 1 fully saturated rings. The Labute approximate surface area is 75.2 Å². The van der Waals surface area contributed by atoms with Gasteiger partial charge in [-0.15, -0.1) is 11.8 Å². The van der Waals surface area contributed by atoms with Gasteiger partial charge < -0.3 is 5.11 Å². The Balaban J connectivity index is 2.36. The summed E-state index contributed by atoms with van der Waals surface area (Å²) in [5.74, 6) is 6.44. The lowest BCUT2D eigenvalue weighted by Crippen LogP contribution is -2.30. The molecule has 0 amide bonds. The van der Waals surface area contributed by atoms with Crippen LogP contribution in [0.5, 0.6) is 0 Å². The summed E-state index contributed by atoms with van der Waals surface area (Å²) in [6.45, 7) is 3.92. The molecule has 68 valence electrons. The number of hydrogen-bond acceptors (Lipinski definition) is 1. The quantitative estimate of drug-likeness (QED) is 0.635. The molecule has 1 saturated carbocycles. The largest absolute Gasteiger partial charge is 0.390 e. The molecule has 0 spiro atoms. The Morgan fingerprint density at radius 2 is 2.17 bits per heavy atom. The van der Waals surface area contributed by atoms with Gasteiger partial charge in [-0.2, -0.15) is 0 Å². The second kappa shape index (κ2) is 3.96. The zero-order valence-electron chi connectivity index (χ0n) is 8.06. The zero-order chi connectivity index (χ0) is 9.03.